The molecule has 7 heteroatoms. The number of nitrogens with one attached hydrogen (secondary N) is 1. The molecule has 2 rings (SSSR count). The molecule has 0 spiro atoms. The SMILES string of the molecule is C=CCn1nnnc1NCc1cc(Br)cs1. The summed E-state index contributed by atoms with van der Waals surface area (Å²) in [5.74, 6) is 0.657. The predicted molar refractivity (Wildman–Crippen MR) is 67.4 cm³/mol. The summed E-state index contributed by atoms with van der Waals surface area (Å²) in [6.07, 6.45) is 1.75. The second kappa shape index (κ2) is 5.22. The second-order valence-electron chi connectivity index (χ2n) is 3.06. The van der Waals surface area contributed by atoms with E-state index >= 15 is 0 Å². The average molecular weight is 300 g/mol. The first kappa shape index (κ1) is 11.3. The fourth-order valence-corrected chi connectivity index (χ4v) is 2.58. The van der Waals surface area contributed by atoms with Crippen LogP contribution in [-0.2, 0) is 13.1 Å². The number of halogens is 1. The van der Waals surface area contributed by atoms with Crippen LogP contribution in [0.4, 0.5) is 5.95 Å². The first-order valence-corrected chi connectivity index (χ1v) is 6.30. The highest BCUT2D eigenvalue weighted by Crippen LogP contribution is 2.20. The summed E-state index contributed by atoms with van der Waals surface area (Å²) in [5.41, 5.74) is 0. The quantitative estimate of drug-likeness (QED) is 0.861. The summed E-state index contributed by atoms with van der Waals surface area (Å²) < 4.78 is 2.76. The molecular weight excluding hydrogens is 290 g/mol. The van der Waals surface area contributed by atoms with Crippen LogP contribution in [0.2, 0.25) is 0 Å². The van der Waals surface area contributed by atoms with Gasteiger partial charge in [0.25, 0.3) is 0 Å². The van der Waals surface area contributed by atoms with Crippen LogP contribution < -0.4 is 5.32 Å². The van der Waals surface area contributed by atoms with Crippen molar-refractivity contribution in [1.82, 2.24) is 20.2 Å². The lowest BCUT2D eigenvalue weighted by Crippen LogP contribution is -2.07. The lowest BCUT2D eigenvalue weighted by molar-refractivity contribution is 0.663. The number of hydrogen-bond donors (Lipinski definition) is 1. The van der Waals surface area contributed by atoms with Crippen molar-refractivity contribution in [3.63, 3.8) is 0 Å². The van der Waals surface area contributed by atoms with Gasteiger partial charge < -0.3 is 5.32 Å². The van der Waals surface area contributed by atoms with Gasteiger partial charge >= 0.3 is 0 Å². The Balaban J connectivity index is 1.98. The molecule has 16 heavy (non-hydrogen) atoms. The number of tetrazole rings is 1. The van der Waals surface area contributed by atoms with Crippen molar-refractivity contribution in [2.45, 2.75) is 13.1 Å². The Labute approximate surface area is 105 Å². The van der Waals surface area contributed by atoms with Crippen LogP contribution in [-0.4, -0.2) is 20.2 Å². The zero-order valence-electron chi connectivity index (χ0n) is 8.43. The minimum atomic E-state index is 0.601. The third kappa shape index (κ3) is 2.67. The Morgan fingerprint density at radius 1 is 1.62 bits per heavy atom. The van der Waals surface area contributed by atoms with Gasteiger partial charge in [0, 0.05) is 14.7 Å². The van der Waals surface area contributed by atoms with Crippen LogP contribution in [0.5, 0.6) is 0 Å². The molecule has 0 fully saturated rings. The van der Waals surface area contributed by atoms with Crippen LogP contribution in [0, 0.1) is 0 Å². The van der Waals surface area contributed by atoms with Crippen molar-refractivity contribution >= 4 is 33.2 Å². The number of aromatic nitrogens is 4. The molecule has 2 heterocycles. The van der Waals surface area contributed by atoms with Gasteiger partial charge in [-0.1, -0.05) is 11.2 Å². The molecule has 84 valence electrons. The lowest BCUT2D eigenvalue weighted by Gasteiger charge is -2.03. The third-order valence-corrected chi connectivity index (χ3v) is 3.57. The van der Waals surface area contributed by atoms with Gasteiger partial charge in [-0.25, -0.2) is 4.68 Å². The van der Waals surface area contributed by atoms with Crippen molar-refractivity contribution < 1.29 is 0 Å². The summed E-state index contributed by atoms with van der Waals surface area (Å²) in [7, 11) is 0. The number of hydrogen-bond acceptors (Lipinski definition) is 5. The number of anilines is 1. The normalized spacial score (nSPS) is 10.3. The van der Waals surface area contributed by atoms with Crippen molar-refractivity contribution in [3.05, 3.63) is 33.5 Å². The summed E-state index contributed by atoms with van der Waals surface area (Å²) in [5, 5.41) is 16.6. The van der Waals surface area contributed by atoms with Crippen molar-refractivity contribution in [1.29, 1.82) is 0 Å². The van der Waals surface area contributed by atoms with E-state index in [0.717, 1.165) is 4.47 Å². The minimum Gasteiger partial charge on any atom is -0.348 e. The minimum absolute atomic E-state index is 0.601. The van der Waals surface area contributed by atoms with E-state index in [9.17, 15) is 0 Å². The number of rotatable bonds is 5. The highest BCUT2D eigenvalue weighted by atomic mass is 79.9. The molecule has 0 aliphatic rings. The maximum absolute atomic E-state index is 3.89. The first-order chi connectivity index (χ1) is 7.79. The Morgan fingerprint density at radius 2 is 2.50 bits per heavy atom. The largest absolute Gasteiger partial charge is 0.348 e. The standard InChI is InChI=1S/C9H10BrN5S/c1-2-3-15-9(12-13-14-15)11-5-8-4-7(10)6-16-8/h2,4,6H,1,3,5H2,(H,11,12,14). The molecule has 0 saturated heterocycles. The van der Waals surface area contributed by atoms with Gasteiger partial charge in [0.15, 0.2) is 0 Å². The van der Waals surface area contributed by atoms with Gasteiger partial charge in [-0.15, -0.1) is 17.9 Å². The molecule has 0 amide bonds. The van der Waals surface area contributed by atoms with E-state index in [1.54, 1.807) is 22.1 Å². The van der Waals surface area contributed by atoms with Gasteiger partial charge in [0.1, 0.15) is 0 Å². The van der Waals surface area contributed by atoms with E-state index < -0.39 is 0 Å². The average Bonchev–Trinajstić information content (AvgIpc) is 2.85. The van der Waals surface area contributed by atoms with Gasteiger partial charge in [-0.3, -0.25) is 0 Å². The first-order valence-electron chi connectivity index (χ1n) is 4.63. The summed E-state index contributed by atoms with van der Waals surface area (Å²) in [6.45, 7) is 4.97. The summed E-state index contributed by atoms with van der Waals surface area (Å²) in [6, 6.07) is 2.07. The van der Waals surface area contributed by atoms with Crippen LogP contribution in [0.15, 0.2) is 28.6 Å². The molecular formula is C9H10BrN5S. The fourth-order valence-electron chi connectivity index (χ4n) is 1.19. The highest BCUT2D eigenvalue weighted by molar-refractivity contribution is 9.10. The highest BCUT2D eigenvalue weighted by Gasteiger charge is 2.04. The van der Waals surface area contributed by atoms with E-state index in [1.165, 1.54) is 4.88 Å². The van der Waals surface area contributed by atoms with E-state index in [-0.39, 0.29) is 0 Å². The molecule has 2 aromatic rings. The fraction of sp³-hybridized carbons (Fsp3) is 0.222. The molecule has 2 aromatic heterocycles. The third-order valence-electron chi connectivity index (χ3n) is 1.88. The topological polar surface area (TPSA) is 55.6 Å². The van der Waals surface area contributed by atoms with Crippen LogP contribution in [0.3, 0.4) is 0 Å². The Morgan fingerprint density at radius 3 is 3.19 bits per heavy atom. The molecule has 1 N–H and O–H groups in total. The smallest absolute Gasteiger partial charge is 0.243 e. The van der Waals surface area contributed by atoms with E-state index in [2.05, 4.69) is 49.4 Å². The molecule has 0 aliphatic carbocycles. The number of allylic oxidation sites excluding steroid dienone is 1. The van der Waals surface area contributed by atoms with Gasteiger partial charge in [-0.05, 0) is 32.4 Å². The Bertz CT molecular complexity index is 478. The Hall–Kier alpha value is -1.21. The van der Waals surface area contributed by atoms with Crippen molar-refractivity contribution in [2.24, 2.45) is 0 Å². The molecule has 0 bridgehead atoms. The number of thiophene rings is 1. The molecule has 0 aliphatic heterocycles. The maximum Gasteiger partial charge on any atom is 0.243 e. The van der Waals surface area contributed by atoms with Crippen LogP contribution in [0.25, 0.3) is 0 Å². The molecule has 0 atom stereocenters. The molecule has 5 nitrogen and oxygen atoms in total. The lowest BCUT2D eigenvalue weighted by atomic mass is 10.5. The molecule has 0 unspecified atom stereocenters. The van der Waals surface area contributed by atoms with Crippen molar-refractivity contribution in [3.8, 4) is 0 Å². The molecule has 0 radical (unpaired) electrons. The summed E-state index contributed by atoms with van der Waals surface area (Å²) in [4.78, 5) is 1.22. The molecule has 0 aromatic carbocycles. The van der Waals surface area contributed by atoms with Crippen LogP contribution >= 0.6 is 27.3 Å². The van der Waals surface area contributed by atoms with Gasteiger partial charge in [0.2, 0.25) is 5.95 Å². The van der Waals surface area contributed by atoms with Crippen LogP contribution in [0.1, 0.15) is 4.88 Å². The summed E-state index contributed by atoms with van der Waals surface area (Å²) >= 11 is 5.10. The monoisotopic (exact) mass is 299 g/mol. The Kier molecular flexibility index (Phi) is 3.68. The maximum atomic E-state index is 3.89. The van der Waals surface area contributed by atoms with E-state index in [0.29, 0.717) is 19.0 Å². The predicted octanol–water partition coefficient (Wildman–Crippen LogP) is 2.30. The van der Waals surface area contributed by atoms with E-state index in [1.807, 2.05) is 5.38 Å². The van der Waals surface area contributed by atoms with Gasteiger partial charge in [0.05, 0.1) is 13.1 Å². The van der Waals surface area contributed by atoms with E-state index in [4.69, 9.17) is 0 Å². The zero-order valence-corrected chi connectivity index (χ0v) is 10.8. The zero-order chi connectivity index (χ0) is 11.4. The van der Waals surface area contributed by atoms with Crippen molar-refractivity contribution in [2.75, 3.05) is 5.32 Å². The second-order valence-corrected chi connectivity index (χ2v) is 4.97. The number of nitrogens with zero attached hydrogens (tertiary/aromatic N) is 4. The van der Waals surface area contributed by atoms with Gasteiger partial charge in [-0.2, -0.15) is 0 Å². The molecule has 0 saturated carbocycles.